The molecule has 12 heterocycles. The molecule has 4 saturated heterocycles. The number of fused-ring (bicyclic) bond motifs is 4. The summed E-state index contributed by atoms with van der Waals surface area (Å²) in [5.41, 5.74) is 95.3. The molecule has 8 aromatic heterocycles. The van der Waals surface area contributed by atoms with Crippen LogP contribution in [0.2, 0.25) is 0 Å². The molecule has 3 unspecified atom stereocenters. The number of phosphoric acid groups is 3. The van der Waals surface area contributed by atoms with Gasteiger partial charge in [0.1, 0.15) is 73.2 Å². The standard InChI is InChI=1S/C40H41N44O22P3/c41-21-9-25(61-33(57-21)65-73-45)81(37(53-9)69-77-49)29-17(90)13(86)6(101-29)2-97-107(91,92)105-19-15(88)8(103-31(19)83-27-11(55-39(83)71-79-51)23(43)59-35(63-27)67-75-47)4-99-109(95,96)106-20-16(89)7(102-32(20)84-28-12(56-40(84)72-80-52)24(44)60-36(64-28)68-76-48)3-98-108(93,94)104-18-14(87)5(1-85)100-30(18)82-26-10(54-38(82)70-78-50)22(42)58-34(62-26)66-74-46/h5-8,13-20,29-32,85-90H,1-4H2,(H,91,92)(H,93,94)(H,95,96)(H2,41,57,61)(H2,42,58,62)(H2,43,59,63)(H2,44,60,64)/t5-,6-,7-,8-,13-,14-,15-,16-,17-,18-,19-,20-,29-,30-,31-,32-/m1/s1. The van der Waals surface area contributed by atoms with Crippen molar-refractivity contribution in [3.63, 3.8) is 0 Å². The molecule has 69 heteroatoms. The summed E-state index contributed by atoms with van der Waals surface area (Å²) in [6.07, 6.45) is -34.9. The highest BCUT2D eigenvalue weighted by Gasteiger charge is 2.56. The van der Waals surface area contributed by atoms with Crippen LogP contribution in [0.15, 0.2) is 40.9 Å². The summed E-state index contributed by atoms with van der Waals surface area (Å²) < 4.78 is 101. The molecule has 0 aliphatic carbocycles. The maximum atomic E-state index is 14.6. The number of imidazole rings is 4. The van der Waals surface area contributed by atoms with E-state index in [1.807, 2.05) is 0 Å². The number of anilines is 4. The fraction of sp³-hybridized carbons (Fsp3) is 0.500. The van der Waals surface area contributed by atoms with Crippen molar-refractivity contribution in [1.82, 2.24) is 78.1 Å². The number of nitrogens with zero attached hydrogens (tertiary/aromatic N) is 40. The van der Waals surface area contributed by atoms with Crippen molar-refractivity contribution in [3.05, 3.63) is 83.5 Å². The molecular formula is C40H41N44O22P3. The molecule has 12 rings (SSSR count). The fourth-order valence-corrected chi connectivity index (χ4v) is 14.1. The first-order chi connectivity index (χ1) is 52.0. The Labute approximate surface area is 592 Å². The van der Waals surface area contributed by atoms with Crippen molar-refractivity contribution in [1.29, 1.82) is 0 Å². The number of nitrogens with two attached hydrogens (primary N) is 4. The van der Waals surface area contributed by atoms with E-state index >= 15 is 0 Å². The van der Waals surface area contributed by atoms with Crippen LogP contribution in [0.1, 0.15) is 24.9 Å². The SMILES string of the molecule is [N-]=[N+]=Nc1nc(N)c2nc(N=[N+]=[N-])n([C@@H]3O[C@H](COP(=O)(O)O[C@@H]4[C@H](O)[C@@H](COP(=O)(O)O[C@@H]5[C@H](O)[C@@H](COP(=O)(O)O[C@@H]6[C@H](O)[C@@H](CO)O[C@H]6n6c(N=[N+]=[N-])nc7c(N)nc(N=[N+]=[N-])nc76)O[C@H]5n5c(N=[N+]=[N-])nc6c(N)nc(N=[N+]=[N-])nc65)O[C@H]4n4c(N=[N+]=[N-])nc5c(N)nc(N=[N+]=[N-])nc54)[C@@H](O)[C@H]3O)c2n1. The average Bonchev–Trinajstić information content (AvgIpc) is 1.57. The summed E-state index contributed by atoms with van der Waals surface area (Å²) in [6.45, 7) is -5.16. The Bertz CT molecular complexity index is 5580. The van der Waals surface area contributed by atoms with E-state index < -0.39 is 253 Å². The van der Waals surface area contributed by atoms with Crippen molar-refractivity contribution >= 4 is 139 Å². The Morgan fingerprint density at radius 3 is 0.862 bits per heavy atom. The quantitative estimate of drug-likeness (QED) is 0.0145. The maximum Gasteiger partial charge on any atom is 0.472 e. The van der Waals surface area contributed by atoms with Crippen molar-refractivity contribution in [2.75, 3.05) is 49.4 Å². The lowest BCUT2D eigenvalue weighted by Crippen LogP contribution is -2.37. The number of ether oxygens (including phenoxy) is 4. The minimum Gasteiger partial charge on any atom is -0.394 e. The van der Waals surface area contributed by atoms with Crippen LogP contribution in [-0.4, -0.2) is 223 Å². The Hall–Kier alpha value is -12.2. The lowest BCUT2D eigenvalue weighted by molar-refractivity contribution is -0.0649. The van der Waals surface area contributed by atoms with Gasteiger partial charge in [-0.1, -0.05) is 0 Å². The summed E-state index contributed by atoms with van der Waals surface area (Å²) in [6, 6.07) is 0. The Balaban J connectivity index is 0.838. The number of phosphoric ester groups is 3. The molecule has 0 saturated carbocycles. The predicted octanol–water partition coefficient (Wildman–Crippen LogP) is 3.10. The van der Waals surface area contributed by atoms with Crippen LogP contribution in [0.4, 0.5) is 70.9 Å². The Kier molecular flexibility index (Phi) is 21.5. The Morgan fingerprint density at radius 1 is 0.358 bits per heavy atom. The van der Waals surface area contributed by atoms with Gasteiger partial charge in [-0.2, -0.15) is 0 Å². The molecule has 17 N–H and O–H groups in total. The monoisotopic (exact) mass is 1580 g/mol. The molecule has 0 aromatic carbocycles. The second kappa shape index (κ2) is 30.6. The lowest BCUT2D eigenvalue weighted by atomic mass is 10.1. The molecule has 109 heavy (non-hydrogen) atoms. The van der Waals surface area contributed by atoms with Crippen molar-refractivity contribution in [2.45, 2.75) is 98.2 Å². The average molecular weight is 1580 g/mol. The zero-order valence-electron chi connectivity index (χ0n) is 52.9. The third-order valence-corrected chi connectivity index (χ3v) is 18.6. The number of hydrogen-bond donors (Lipinski definition) is 13. The molecule has 19 atom stereocenters. The number of aliphatic hydroxyl groups is 6. The van der Waals surface area contributed by atoms with E-state index in [9.17, 15) is 92.2 Å². The highest BCUT2D eigenvalue weighted by Crippen LogP contribution is 2.56. The van der Waals surface area contributed by atoms with Gasteiger partial charge >= 0.3 is 23.5 Å². The molecule has 4 aliphatic rings. The molecular weight excluding hydrogens is 1540 g/mol. The summed E-state index contributed by atoms with van der Waals surface area (Å²) >= 11 is 0. The first-order valence-corrected chi connectivity index (χ1v) is 33.8. The van der Waals surface area contributed by atoms with E-state index in [1.165, 1.54) is 0 Å². The van der Waals surface area contributed by atoms with Crippen LogP contribution in [0, 0.1) is 0 Å². The number of azide groups is 8. The highest BCUT2D eigenvalue weighted by atomic mass is 31.2. The normalized spacial score (nSPS) is 26.7. The van der Waals surface area contributed by atoms with Gasteiger partial charge in [-0.05, 0) is 85.2 Å². The molecule has 0 radical (unpaired) electrons. The van der Waals surface area contributed by atoms with E-state index in [2.05, 4.69) is 140 Å². The van der Waals surface area contributed by atoms with Crippen LogP contribution in [0.5, 0.6) is 0 Å². The lowest BCUT2D eigenvalue weighted by Gasteiger charge is -2.26. The summed E-state index contributed by atoms with van der Waals surface area (Å²) in [5, 5.41) is 95.3. The van der Waals surface area contributed by atoms with Crippen molar-refractivity contribution in [2.24, 2.45) is 40.9 Å². The number of nitrogen functional groups attached to an aromatic ring is 4. The van der Waals surface area contributed by atoms with E-state index in [-0.39, 0.29) is 11.0 Å². The topological polar surface area (TPSA) is 994 Å². The summed E-state index contributed by atoms with van der Waals surface area (Å²) in [7, 11) is -17.8. The highest BCUT2D eigenvalue weighted by molar-refractivity contribution is 7.48. The minimum absolute atomic E-state index is 0.301. The zero-order chi connectivity index (χ0) is 78.3. The largest absolute Gasteiger partial charge is 0.472 e. The molecule has 4 fully saturated rings. The van der Waals surface area contributed by atoms with Gasteiger partial charge in [0.05, 0.1) is 26.4 Å². The van der Waals surface area contributed by atoms with Gasteiger partial charge in [-0.3, -0.25) is 45.4 Å². The van der Waals surface area contributed by atoms with Crippen LogP contribution >= 0.6 is 23.5 Å². The van der Waals surface area contributed by atoms with Gasteiger partial charge in [-0.25, -0.2) is 73.5 Å². The van der Waals surface area contributed by atoms with Gasteiger partial charge in [0.25, 0.3) is 0 Å². The van der Waals surface area contributed by atoms with Gasteiger partial charge in [-0.15, -0.1) is 0 Å². The number of aromatic nitrogens is 16. The van der Waals surface area contributed by atoms with Gasteiger partial charge < -0.3 is 87.2 Å². The van der Waals surface area contributed by atoms with E-state index in [4.69, 9.17) is 80.1 Å². The molecule has 66 nitrogen and oxygen atoms in total. The molecule has 568 valence electrons. The maximum absolute atomic E-state index is 14.6. The predicted molar refractivity (Wildman–Crippen MR) is 344 cm³/mol. The number of hydrogen-bond acceptors (Lipinski definition) is 43. The Morgan fingerprint density at radius 2 is 0.596 bits per heavy atom. The third kappa shape index (κ3) is 14.8. The van der Waals surface area contributed by atoms with Crippen LogP contribution in [0.25, 0.3) is 128 Å². The van der Waals surface area contributed by atoms with Crippen molar-refractivity contribution in [3.8, 4) is 0 Å². The first kappa shape index (κ1) is 76.5. The molecule has 8 aromatic rings. The van der Waals surface area contributed by atoms with E-state index in [1.54, 1.807) is 0 Å². The smallest absolute Gasteiger partial charge is 0.394 e. The fourth-order valence-electron chi connectivity index (χ4n) is 11.3. The van der Waals surface area contributed by atoms with E-state index in [0.29, 0.717) is 9.13 Å². The minimum atomic E-state index is -6.07. The van der Waals surface area contributed by atoms with Crippen LogP contribution in [-0.2, 0) is 59.8 Å². The van der Waals surface area contributed by atoms with Gasteiger partial charge in [0.15, 0.2) is 92.8 Å². The summed E-state index contributed by atoms with van der Waals surface area (Å²) in [4.78, 5) is 103. The van der Waals surface area contributed by atoms with Crippen LogP contribution in [0.3, 0.4) is 0 Å². The van der Waals surface area contributed by atoms with Crippen molar-refractivity contribution < 1.29 is 105 Å². The van der Waals surface area contributed by atoms with E-state index in [0.717, 1.165) is 9.13 Å². The second-order valence-electron chi connectivity index (χ2n) is 21.9. The first-order valence-electron chi connectivity index (χ1n) is 29.3. The molecule has 0 amide bonds. The third-order valence-electron chi connectivity index (χ3n) is 15.7. The van der Waals surface area contributed by atoms with Crippen LogP contribution < -0.4 is 22.9 Å². The molecule has 0 bridgehead atoms. The molecule has 0 spiro atoms. The second-order valence-corrected chi connectivity index (χ2v) is 26.1. The number of aliphatic hydroxyl groups excluding tert-OH is 6. The van der Waals surface area contributed by atoms with Gasteiger partial charge in [0, 0.05) is 39.3 Å². The number of rotatable bonds is 28. The zero-order valence-corrected chi connectivity index (χ0v) is 55.6. The van der Waals surface area contributed by atoms with Gasteiger partial charge in [0.2, 0.25) is 47.6 Å². The molecule has 4 aliphatic heterocycles. The summed E-state index contributed by atoms with van der Waals surface area (Å²) in [5.74, 6) is -7.88.